The van der Waals surface area contributed by atoms with Gasteiger partial charge in [0.05, 0.1) is 6.61 Å². The fourth-order valence-electron chi connectivity index (χ4n) is 2.12. The molecule has 5 nitrogen and oxygen atoms in total. The Balaban J connectivity index is 2.68. The summed E-state index contributed by atoms with van der Waals surface area (Å²) in [6.07, 6.45) is 0.867. The van der Waals surface area contributed by atoms with Gasteiger partial charge in [-0.25, -0.2) is 4.98 Å². The molecular formula is C16H30N4O. The van der Waals surface area contributed by atoms with Crippen molar-refractivity contribution in [1.82, 2.24) is 14.9 Å². The normalized spacial score (nSPS) is 11.2. The van der Waals surface area contributed by atoms with Crippen molar-refractivity contribution in [3.8, 4) is 5.88 Å². The third-order valence-corrected chi connectivity index (χ3v) is 3.26. The SMILES string of the molecule is CCOc1cc(NCCN(CC)CC)nc(CC(C)C)n1. The Bertz CT molecular complexity index is 405. The number of ether oxygens (including phenoxy) is 1. The van der Waals surface area contributed by atoms with E-state index in [1.54, 1.807) is 0 Å². The van der Waals surface area contributed by atoms with Gasteiger partial charge >= 0.3 is 0 Å². The molecule has 21 heavy (non-hydrogen) atoms. The van der Waals surface area contributed by atoms with E-state index in [2.05, 4.69) is 47.9 Å². The number of hydrogen-bond acceptors (Lipinski definition) is 5. The molecule has 5 heteroatoms. The molecule has 0 aliphatic rings. The number of likely N-dealkylation sites (N-methyl/N-ethyl adjacent to an activating group) is 1. The van der Waals surface area contributed by atoms with Crippen molar-refractivity contribution in [2.45, 2.75) is 41.0 Å². The van der Waals surface area contributed by atoms with Crippen molar-refractivity contribution in [2.75, 3.05) is 38.1 Å². The summed E-state index contributed by atoms with van der Waals surface area (Å²) in [6.45, 7) is 15.3. The Morgan fingerprint density at radius 3 is 2.48 bits per heavy atom. The van der Waals surface area contributed by atoms with E-state index in [0.29, 0.717) is 18.4 Å². The first-order valence-corrected chi connectivity index (χ1v) is 8.05. The summed E-state index contributed by atoms with van der Waals surface area (Å²) in [5.41, 5.74) is 0. The van der Waals surface area contributed by atoms with Crippen molar-refractivity contribution < 1.29 is 4.74 Å². The summed E-state index contributed by atoms with van der Waals surface area (Å²) >= 11 is 0. The summed E-state index contributed by atoms with van der Waals surface area (Å²) in [7, 11) is 0. The van der Waals surface area contributed by atoms with Gasteiger partial charge in [-0.2, -0.15) is 4.98 Å². The summed E-state index contributed by atoms with van der Waals surface area (Å²) in [4.78, 5) is 11.4. The monoisotopic (exact) mass is 294 g/mol. The number of anilines is 1. The van der Waals surface area contributed by atoms with E-state index < -0.39 is 0 Å². The minimum absolute atomic E-state index is 0.533. The second kappa shape index (κ2) is 9.55. The Labute approximate surface area is 129 Å². The highest BCUT2D eigenvalue weighted by Crippen LogP contribution is 2.15. The number of aromatic nitrogens is 2. The molecule has 0 spiro atoms. The van der Waals surface area contributed by atoms with Gasteiger partial charge in [-0.3, -0.25) is 0 Å². The van der Waals surface area contributed by atoms with Crippen molar-refractivity contribution in [3.05, 3.63) is 11.9 Å². The van der Waals surface area contributed by atoms with Crippen LogP contribution < -0.4 is 10.1 Å². The van der Waals surface area contributed by atoms with Crippen LogP contribution in [0.2, 0.25) is 0 Å². The number of hydrogen-bond donors (Lipinski definition) is 1. The molecule has 0 saturated carbocycles. The smallest absolute Gasteiger partial charge is 0.218 e. The van der Waals surface area contributed by atoms with Crippen molar-refractivity contribution >= 4 is 5.82 Å². The van der Waals surface area contributed by atoms with E-state index in [4.69, 9.17) is 4.74 Å². The van der Waals surface area contributed by atoms with E-state index in [9.17, 15) is 0 Å². The van der Waals surface area contributed by atoms with Crippen LogP contribution in [0.1, 0.15) is 40.4 Å². The minimum Gasteiger partial charge on any atom is -0.478 e. The average Bonchev–Trinajstić information content (AvgIpc) is 2.43. The van der Waals surface area contributed by atoms with Crippen molar-refractivity contribution in [1.29, 1.82) is 0 Å². The fraction of sp³-hybridized carbons (Fsp3) is 0.750. The fourth-order valence-corrected chi connectivity index (χ4v) is 2.12. The van der Waals surface area contributed by atoms with Crippen molar-refractivity contribution in [3.63, 3.8) is 0 Å². The lowest BCUT2D eigenvalue weighted by Gasteiger charge is -2.18. The molecule has 0 fully saturated rings. The second-order valence-electron chi connectivity index (χ2n) is 5.49. The van der Waals surface area contributed by atoms with E-state index in [1.165, 1.54) is 0 Å². The molecule has 0 aromatic carbocycles. The van der Waals surface area contributed by atoms with Gasteiger partial charge in [0, 0.05) is 25.6 Å². The zero-order valence-electron chi connectivity index (χ0n) is 14.1. The van der Waals surface area contributed by atoms with Crippen molar-refractivity contribution in [2.24, 2.45) is 5.92 Å². The molecular weight excluding hydrogens is 264 g/mol. The maximum atomic E-state index is 5.54. The standard InChI is InChI=1S/C16H30N4O/c1-6-20(7-2)10-9-17-14-12-16(21-8-3)19-15(18-14)11-13(4)5/h12-13H,6-11H2,1-5H3,(H,17,18,19). The Morgan fingerprint density at radius 1 is 1.19 bits per heavy atom. The van der Waals surface area contributed by atoms with Gasteiger partial charge < -0.3 is 15.0 Å². The van der Waals surface area contributed by atoms with Gasteiger partial charge in [-0.1, -0.05) is 27.7 Å². The van der Waals surface area contributed by atoms with Crippen LogP contribution in [0, 0.1) is 5.92 Å². The summed E-state index contributed by atoms with van der Waals surface area (Å²) in [5.74, 6) is 2.90. The van der Waals surface area contributed by atoms with Crippen LogP contribution in [0.25, 0.3) is 0 Å². The molecule has 1 heterocycles. The Morgan fingerprint density at radius 2 is 1.90 bits per heavy atom. The summed E-state index contributed by atoms with van der Waals surface area (Å²) in [6, 6.07) is 1.88. The first kappa shape index (κ1) is 17.7. The lowest BCUT2D eigenvalue weighted by atomic mass is 10.1. The molecule has 0 bridgehead atoms. The number of nitrogens with one attached hydrogen (secondary N) is 1. The van der Waals surface area contributed by atoms with E-state index in [-0.39, 0.29) is 0 Å². The van der Waals surface area contributed by atoms with E-state index in [0.717, 1.165) is 44.2 Å². The van der Waals surface area contributed by atoms with Crippen LogP contribution in [0.3, 0.4) is 0 Å². The molecule has 120 valence electrons. The average molecular weight is 294 g/mol. The molecule has 0 radical (unpaired) electrons. The van der Waals surface area contributed by atoms with Gasteiger partial charge in [-0.15, -0.1) is 0 Å². The molecule has 0 aliphatic heterocycles. The van der Waals surface area contributed by atoms with Crippen LogP contribution in [0.15, 0.2) is 6.07 Å². The largest absolute Gasteiger partial charge is 0.478 e. The van der Waals surface area contributed by atoms with Gasteiger partial charge in [0.25, 0.3) is 0 Å². The molecule has 1 rings (SSSR count). The molecule has 0 saturated heterocycles. The first-order chi connectivity index (χ1) is 10.1. The Kier molecular flexibility index (Phi) is 8.05. The van der Waals surface area contributed by atoms with Gasteiger partial charge in [0.2, 0.25) is 5.88 Å². The topological polar surface area (TPSA) is 50.3 Å². The van der Waals surface area contributed by atoms with Crippen LogP contribution in [-0.4, -0.2) is 47.7 Å². The molecule has 1 N–H and O–H groups in total. The molecule has 0 amide bonds. The predicted octanol–water partition coefficient (Wildman–Crippen LogP) is 2.83. The number of rotatable bonds is 10. The van der Waals surface area contributed by atoms with Crippen LogP contribution >= 0.6 is 0 Å². The highest BCUT2D eigenvalue weighted by atomic mass is 16.5. The lowest BCUT2D eigenvalue weighted by molar-refractivity contribution is 0.315. The van der Waals surface area contributed by atoms with Gasteiger partial charge in [0.15, 0.2) is 0 Å². The van der Waals surface area contributed by atoms with Crippen LogP contribution in [0.4, 0.5) is 5.82 Å². The van der Waals surface area contributed by atoms with Gasteiger partial charge in [-0.05, 0) is 25.9 Å². The zero-order chi connectivity index (χ0) is 15.7. The van der Waals surface area contributed by atoms with E-state index in [1.807, 2.05) is 13.0 Å². The molecule has 1 aromatic rings. The highest BCUT2D eigenvalue weighted by Gasteiger charge is 2.08. The summed E-state index contributed by atoms with van der Waals surface area (Å²) < 4.78 is 5.54. The van der Waals surface area contributed by atoms with Crippen LogP contribution in [0.5, 0.6) is 5.88 Å². The Hall–Kier alpha value is -1.36. The summed E-state index contributed by atoms with van der Waals surface area (Å²) in [5, 5.41) is 3.38. The van der Waals surface area contributed by atoms with E-state index >= 15 is 0 Å². The van der Waals surface area contributed by atoms with Gasteiger partial charge in [0.1, 0.15) is 11.6 Å². The molecule has 0 atom stereocenters. The third-order valence-electron chi connectivity index (χ3n) is 3.26. The maximum Gasteiger partial charge on any atom is 0.218 e. The number of nitrogens with zero attached hydrogens (tertiary/aromatic N) is 3. The second-order valence-corrected chi connectivity index (χ2v) is 5.49. The zero-order valence-corrected chi connectivity index (χ0v) is 14.1. The lowest BCUT2D eigenvalue weighted by Crippen LogP contribution is -2.28. The molecule has 1 aromatic heterocycles. The molecule has 0 aliphatic carbocycles. The quantitative estimate of drug-likeness (QED) is 0.719. The first-order valence-electron chi connectivity index (χ1n) is 8.05. The predicted molar refractivity (Wildman–Crippen MR) is 88.0 cm³/mol. The third kappa shape index (κ3) is 6.76. The minimum atomic E-state index is 0.533. The maximum absolute atomic E-state index is 5.54. The van der Waals surface area contributed by atoms with Crippen LogP contribution in [-0.2, 0) is 6.42 Å². The highest BCUT2D eigenvalue weighted by molar-refractivity contribution is 5.38. The molecule has 0 unspecified atom stereocenters.